The third-order valence-corrected chi connectivity index (χ3v) is 10.9. The summed E-state index contributed by atoms with van der Waals surface area (Å²) in [6.07, 6.45) is 41.2. The van der Waals surface area contributed by atoms with Gasteiger partial charge in [-0.1, -0.05) is 185 Å². The lowest BCUT2D eigenvalue weighted by Crippen LogP contribution is -2.60. The highest BCUT2D eigenvalue weighted by Crippen LogP contribution is 2.22. The van der Waals surface area contributed by atoms with Crippen LogP contribution in [0.15, 0.2) is 36.5 Å². The van der Waals surface area contributed by atoms with Crippen molar-refractivity contribution in [3.8, 4) is 0 Å². The van der Waals surface area contributed by atoms with Gasteiger partial charge in [-0.2, -0.15) is 0 Å². The Hall–Kier alpha value is -1.59. The largest absolute Gasteiger partial charge is 0.394 e. The van der Waals surface area contributed by atoms with Gasteiger partial charge in [0.25, 0.3) is 0 Å². The van der Waals surface area contributed by atoms with Gasteiger partial charge < -0.3 is 40.3 Å². The summed E-state index contributed by atoms with van der Waals surface area (Å²) in [6.45, 7) is 3.39. The van der Waals surface area contributed by atoms with Crippen molar-refractivity contribution in [1.82, 2.24) is 5.32 Å². The van der Waals surface area contributed by atoms with Gasteiger partial charge in [0.15, 0.2) is 6.29 Å². The fourth-order valence-electron chi connectivity index (χ4n) is 7.23. The van der Waals surface area contributed by atoms with Crippen molar-refractivity contribution in [2.45, 2.75) is 243 Å². The lowest BCUT2D eigenvalue weighted by atomic mass is 9.99. The van der Waals surface area contributed by atoms with Gasteiger partial charge in [-0.15, -0.1) is 0 Å². The van der Waals surface area contributed by atoms with Gasteiger partial charge in [-0.05, 0) is 44.9 Å². The highest BCUT2D eigenvalue weighted by Gasteiger charge is 2.44. The lowest BCUT2D eigenvalue weighted by molar-refractivity contribution is -0.302. The van der Waals surface area contributed by atoms with Gasteiger partial charge in [-0.3, -0.25) is 4.79 Å². The van der Waals surface area contributed by atoms with Crippen molar-refractivity contribution in [3.63, 3.8) is 0 Å². The molecule has 1 amide bonds. The van der Waals surface area contributed by atoms with Crippen LogP contribution in [0.4, 0.5) is 0 Å². The van der Waals surface area contributed by atoms with Crippen LogP contribution in [-0.2, 0) is 14.3 Å². The van der Waals surface area contributed by atoms with Crippen LogP contribution < -0.4 is 5.32 Å². The first kappa shape index (κ1) is 52.4. The molecular formula is C47H87NO8. The van der Waals surface area contributed by atoms with Gasteiger partial charge in [0.1, 0.15) is 24.4 Å². The topological polar surface area (TPSA) is 149 Å². The van der Waals surface area contributed by atoms with Crippen LogP contribution in [0.5, 0.6) is 0 Å². The van der Waals surface area contributed by atoms with Gasteiger partial charge in [0, 0.05) is 6.42 Å². The molecule has 0 aliphatic carbocycles. The maximum Gasteiger partial charge on any atom is 0.220 e. The molecule has 1 rings (SSSR count). The zero-order valence-corrected chi connectivity index (χ0v) is 35.9. The molecule has 0 bridgehead atoms. The van der Waals surface area contributed by atoms with E-state index >= 15 is 0 Å². The van der Waals surface area contributed by atoms with Crippen molar-refractivity contribution in [2.24, 2.45) is 0 Å². The molecule has 7 atom stereocenters. The second-order valence-electron chi connectivity index (χ2n) is 16.2. The van der Waals surface area contributed by atoms with Crippen molar-refractivity contribution in [3.05, 3.63) is 36.5 Å². The number of allylic oxidation sites excluding steroid dienone is 5. The zero-order chi connectivity index (χ0) is 40.9. The molecule has 0 spiro atoms. The molecule has 1 saturated heterocycles. The number of nitrogens with one attached hydrogen (secondary N) is 1. The van der Waals surface area contributed by atoms with Gasteiger partial charge in [0.2, 0.25) is 5.91 Å². The van der Waals surface area contributed by atoms with E-state index in [4.69, 9.17) is 9.47 Å². The van der Waals surface area contributed by atoms with E-state index in [0.717, 1.165) is 25.7 Å². The number of aliphatic hydroxyl groups excluding tert-OH is 5. The highest BCUT2D eigenvalue weighted by atomic mass is 16.7. The average molecular weight is 794 g/mol. The van der Waals surface area contributed by atoms with Crippen LogP contribution in [0.3, 0.4) is 0 Å². The molecule has 1 aliphatic rings. The number of carbonyl (C=O) groups is 1. The molecule has 9 nitrogen and oxygen atoms in total. The Bertz CT molecular complexity index is 972. The fourth-order valence-corrected chi connectivity index (χ4v) is 7.23. The number of ether oxygens (including phenoxy) is 2. The third kappa shape index (κ3) is 27.9. The highest BCUT2D eigenvalue weighted by molar-refractivity contribution is 5.76. The van der Waals surface area contributed by atoms with Crippen molar-refractivity contribution in [2.75, 3.05) is 13.2 Å². The van der Waals surface area contributed by atoms with Gasteiger partial charge >= 0.3 is 0 Å². The van der Waals surface area contributed by atoms with E-state index in [-0.39, 0.29) is 18.9 Å². The Morgan fingerprint density at radius 3 is 1.46 bits per heavy atom. The van der Waals surface area contributed by atoms with E-state index in [1.807, 2.05) is 13.0 Å². The SMILES string of the molecule is CCCCCCCCCCCCCCCCCCCCCCCC/C=C/CC/C=C/CC/C=C/C(O)C(COC1OC(CO)C(O)C(O)C1O)NC(=O)CCC. The number of rotatable bonds is 38. The summed E-state index contributed by atoms with van der Waals surface area (Å²) in [5.41, 5.74) is 0. The molecule has 0 saturated carbocycles. The minimum absolute atomic E-state index is 0.212. The minimum atomic E-state index is -1.57. The van der Waals surface area contributed by atoms with E-state index in [9.17, 15) is 30.3 Å². The molecule has 6 N–H and O–H groups in total. The Kier molecular flexibility index (Phi) is 35.3. The number of hydrogen-bond donors (Lipinski definition) is 6. The van der Waals surface area contributed by atoms with E-state index in [1.54, 1.807) is 6.08 Å². The third-order valence-electron chi connectivity index (χ3n) is 10.9. The molecule has 7 unspecified atom stereocenters. The first-order chi connectivity index (χ1) is 27.3. The van der Waals surface area contributed by atoms with E-state index in [0.29, 0.717) is 6.42 Å². The molecule has 1 fully saturated rings. The van der Waals surface area contributed by atoms with Crippen molar-refractivity contribution in [1.29, 1.82) is 0 Å². The summed E-state index contributed by atoms with van der Waals surface area (Å²) in [7, 11) is 0. The minimum Gasteiger partial charge on any atom is -0.394 e. The summed E-state index contributed by atoms with van der Waals surface area (Å²) in [6, 6.07) is -0.821. The summed E-state index contributed by atoms with van der Waals surface area (Å²) >= 11 is 0. The molecule has 56 heavy (non-hydrogen) atoms. The Morgan fingerprint density at radius 2 is 1.02 bits per heavy atom. The standard InChI is InChI=1S/C47H87NO8/c1-3-5-6-7-8-9-10-11-12-13-14-15-16-17-18-19-20-21-22-23-24-25-26-27-28-29-30-31-32-33-34-35-37-41(50)40(48-43(51)36-4-2)39-55-47-46(54)45(53)44(52)42(38-49)56-47/h27-28,31-32,35,37,40-42,44-47,49-50,52-54H,3-26,29-30,33-34,36,38-39H2,1-2H3,(H,48,51)/b28-27+,32-31+,37-35+. The quantitative estimate of drug-likeness (QED) is 0.0268. The molecule has 0 radical (unpaired) electrons. The molecular weight excluding hydrogens is 707 g/mol. The van der Waals surface area contributed by atoms with E-state index in [2.05, 4.69) is 36.5 Å². The predicted octanol–water partition coefficient (Wildman–Crippen LogP) is 9.67. The van der Waals surface area contributed by atoms with E-state index < -0.39 is 49.5 Å². The number of aliphatic hydroxyl groups is 5. The smallest absolute Gasteiger partial charge is 0.220 e. The maximum absolute atomic E-state index is 12.3. The number of unbranched alkanes of at least 4 members (excludes halogenated alkanes) is 24. The average Bonchev–Trinajstić information content (AvgIpc) is 3.19. The van der Waals surface area contributed by atoms with E-state index in [1.165, 1.54) is 148 Å². The normalized spacial score (nSPS) is 21.4. The second-order valence-corrected chi connectivity index (χ2v) is 16.2. The summed E-state index contributed by atoms with van der Waals surface area (Å²) < 4.78 is 11.0. The number of hydrogen-bond acceptors (Lipinski definition) is 8. The molecule has 1 heterocycles. The Morgan fingerprint density at radius 1 is 0.589 bits per heavy atom. The molecule has 9 heteroatoms. The van der Waals surface area contributed by atoms with Crippen molar-refractivity contribution >= 4 is 5.91 Å². The van der Waals surface area contributed by atoms with Crippen LogP contribution in [0.2, 0.25) is 0 Å². The molecule has 0 aromatic heterocycles. The predicted molar refractivity (Wildman–Crippen MR) is 230 cm³/mol. The summed E-state index contributed by atoms with van der Waals surface area (Å²) in [4.78, 5) is 12.3. The van der Waals surface area contributed by atoms with Crippen LogP contribution in [0.1, 0.15) is 200 Å². The Labute approximate surface area is 342 Å². The maximum atomic E-state index is 12.3. The van der Waals surface area contributed by atoms with Gasteiger partial charge in [0.05, 0.1) is 25.4 Å². The summed E-state index contributed by atoms with van der Waals surface area (Å²) in [5, 5.41) is 53.2. The van der Waals surface area contributed by atoms with Crippen LogP contribution in [-0.4, -0.2) is 87.5 Å². The van der Waals surface area contributed by atoms with Crippen LogP contribution in [0.25, 0.3) is 0 Å². The second kappa shape index (κ2) is 37.7. The first-order valence-corrected chi connectivity index (χ1v) is 23.2. The van der Waals surface area contributed by atoms with Crippen molar-refractivity contribution < 1.29 is 39.8 Å². The van der Waals surface area contributed by atoms with Crippen LogP contribution >= 0.6 is 0 Å². The monoisotopic (exact) mass is 794 g/mol. The first-order valence-electron chi connectivity index (χ1n) is 23.2. The number of amides is 1. The Balaban J connectivity index is 2.02. The summed E-state index contributed by atoms with van der Waals surface area (Å²) in [5.74, 6) is -0.245. The molecule has 1 aliphatic heterocycles. The molecule has 328 valence electrons. The fraction of sp³-hybridized carbons (Fsp3) is 0.851. The molecule has 0 aromatic carbocycles. The van der Waals surface area contributed by atoms with Gasteiger partial charge in [-0.25, -0.2) is 0 Å². The molecule has 0 aromatic rings. The zero-order valence-electron chi connectivity index (χ0n) is 35.9. The number of carbonyl (C=O) groups excluding carboxylic acids is 1. The van der Waals surface area contributed by atoms with Crippen LogP contribution in [0, 0.1) is 0 Å². The lowest BCUT2D eigenvalue weighted by Gasteiger charge is -2.40.